The van der Waals surface area contributed by atoms with Crippen LogP contribution in [0, 0.1) is 0 Å². The molecule has 1 rings (SSSR count). The summed E-state index contributed by atoms with van der Waals surface area (Å²) in [7, 11) is 1.61. The largest absolute Gasteiger partial charge is 1.00 e. The molecule has 0 aromatic heterocycles. The van der Waals surface area contributed by atoms with Crippen LogP contribution in [0.3, 0.4) is 0 Å². The van der Waals surface area contributed by atoms with Gasteiger partial charge in [-0.3, -0.25) is 0 Å². The molecule has 0 radical (unpaired) electrons. The third-order valence-corrected chi connectivity index (χ3v) is 1.76. The maximum absolute atomic E-state index is 10.5. The van der Waals surface area contributed by atoms with Gasteiger partial charge in [0.05, 0.1) is 13.7 Å². The third kappa shape index (κ3) is 6.85. The standard InChI is InChI=1S/C11H15O4.K/c1-9(12)14-7-8-15-11-5-3-10(13-2)4-6-11;/h3-6,9H,7-8H2,1-2H3;/q-1;+1. The second kappa shape index (κ2) is 9.41. The summed E-state index contributed by atoms with van der Waals surface area (Å²) in [5, 5.41) is 10.5. The molecule has 0 fully saturated rings. The van der Waals surface area contributed by atoms with Crippen LogP contribution in [-0.2, 0) is 4.74 Å². The molecule has 0 heterocycles. The number of benzene rings is 1. The normalized spacial score (nSPS) is 11.4. The molecule has 0 saturated heterocycles. The maximum Gasteiger partial charge on any atom is 1.00 e. The van der Waals surface area contributed by atoms with E-state index in [0.717, 1.165) is 11.5 Å². The van der Waals surface area contributed by atoms with E-state index >= 15 is 0 Å². The van der Waals surface area contributed by atoms with Gasteiger partial charge in [-0.05, 0) is 30.6 Å². The van der Waals surface area contributed by atoms with Crippen molar-refractivity contribution in [2.45, 2.75) is 13.2 Å². The molecule has 1 aromatic rings. The summed E-state index contributed by atoms with van der Waals surface area (Å²) in [6.45, 7) is 2.13. The first kappa shape index (κ1) is 16.4. The average molecular weight is 250 g/mol. The Morgan fingerprint density at radius 2 is 1.69 bits per heavy atom. The molecule has 0 saturated carbocycles. The Labute approximate surface area is 138 Å². The Kier molecular flexibility index (Phi) is 9.63. The first-order valence-corrected chi connectivity index (χ1v) is 4.76. The summed E-state index contributed by atoms with van der Waals surface area (Å²) in [6, 6.07) is 7.23. The van der Waals surface area contributed by atoms with Gasteiger partial charge in [-0.25, -0.2) is 0 Å². The van der Waals surface area contributed by atoms with Crippen molar-refractivity contribution < 1.29 is 70.7 Å². The number of hydrogen-bond acceptors (Lipinski definition) is 4. The predicted octanol–water partition coefficient (Wildman–Crippen LogP) is -2.20. The van der Waals surface area contributed by atoms with Crippen molar-refractivity contribution in [1.82, 2.24) is 0 Å². The molecule has 0 aliphatic rings. The van der Waals surface area contributed by atoms with Gasteiger partial charge in [0.25, 0.3) is 0 Å². The predicted molar refractivity (Wildman–Crippen MR) is 53.9 cm³/mol. The van der Waals surface area contributed by atoms with Crippen molar-refractivity contribution in [2.75, 3.05) is 20.3 Å². The first-order valence-electron chi connectivity index (χ1n) is 4.76. The van der Waals surface area contributed by atoms with E-state index in [-0.39, 0.29) is 51.4 Å². The van der Waals surface area contributed by atoms with E-state index in [1.807, 2.05) is 12.1 Å². The van der Waals surface area contributed by atoms with E-state index < -0.39 is 6.29 Å². The molecule has 0 amide bonds. The summed E-state index contributed by atoms with van der Waals surface area (Å²) >= 11 is 0. The summed E-state index contributed by atoms with van der Waals surface area (Å²) in [5.74, 6) is 1.52. The van der Waals surface area contributed by atoms with Gasteiger partial charge in [-0.2, -0.15) is 0 Å². The van der Waals surface area contributed by atoms with Gasteiger partial charge in [0, 0.05) is 0 Å². The Hall–Kier alpha value is 0.376. The average Bonchev–Trinajstić information content (AvgIpc) is 2.25. The van der Waals surface area contributed by atoms with Crippen molar-refractivity contribution in [3.05, 3.63) is 24.3 Å². The zero-order chi connectivity index (χ0) is 11.1. The summed E-state index contributed by atoms with van der Waals surface area (Å²) in [5.41, 5.74) is 0. The quantitative estimate of drug-likeness (QED) is 0.327. The molecular weight excluding hydrogens is 235 g/mol. The van der Waals surface area contributed by atoms with Gasteiger partial charge < -0.3 is 19.3 Å². The number of ether oxygens (including phenoxy) is 3. The Balaban J connectivity index is 0.00000225. The summed E-state index contributed by atoms with van der Waals surface area (Å²) < 4.78 is 15.1. The molecule has 16 heavy (non-hydrogen) atoms. The van der Waals surface area contributed by atoms with E-state index in [4.69, 9.17) is 14.2 Å². The van der Waals surface area contributed by atoms with Crippen LogP contribution < -0.4 is 66.0 Å². The molecule has 5 heteroatoms. The molecular formula is C11H15KO4. The van der Waals surface area contributed by atoms with Gasteiger partial charge >= 0.3 is 51.4 Å². The smallest absolute Gasteiger partial charge is 0.831 e. The zero-order valence-electron chi connectivity index (χ0n) is 9.93. The van der Waals surface area contributed by atoms with E-state index in [1.165, 1.54) is 6.92 Å². The van der Waals surface area contributed by atoms with Gasteiger partial charge in [0.1, 0.15) is 18.1 Å². The molecule has 0 spiro atoms. The molecule has 4 nitrogen and oxygen atoms in total. The SMILES string of the molecule is COc1ccc(OCCOC(C)[O-])cc1.[K+]. The van der Waals surface area contributed by atoms with E-state index in [1.54, 1.807) is 19.2 Å². The van der Waals surface area contributed by atoms with E-state index in [0.29, 0.717) is 13.2 Å². The molecule has 0 bridgehead atoms. The molecule has 84 valence electrons. The van der Waals surface area contributed by atoms with Crippen LogP contribution in [0.1, 0.15) is 6.92 Å². The summed E-state index contributed by atoms with van der Waals surface area (Å²) in [4.78, 5) is 0. The van der Waals surface area contributed by atoms with Crippen molar-refractivity contribution in [3.63, 3.8) is 0 Å². The Morgan fingerprint density at radius 3 is 2.19 bits per heavy atom. The number of hydrogen-bond donors (Lipinski definition) is 0. The minimum Gasteiger partial charge on any atom is -0.831 e. The topological polar surface area (TPSA) is 50.8 Å². The van der Waals surface area contributed by atoms with Crippen LogP contribution in [0.15, 0.2) is 24.3 Å². The van der Waals surface area contributed by atoms with Gasteiger partial charge in [0.2, 0.25) is 0 Å². The fraction of sp³-hybridized carbons (Fsp3) is 0.455. The first-order chi connectivity index (χ1) is 7.22. The van der Waals surface area contributed by atoms with Crippen LogP contribution in [0.25, 0.3) is 0 Å². The number of rotatable bonds is 6. The van der Waals surface area contributed by atoms with Gasteiger partial charge in [-0.15, -0.1) is 0 Å². The second-order valence-electron chi connectivity index (χ2n) is 2.96. The zero-order valence-corrected chi connectivity index (χ0v) is 13.1. The van der Waals surface area contributed by atoms with Gasteiger partial charge in [0.15, 0.2) is 0 Å². The second-order valence-corrected chi connectivity index (χ2v) is 2.96. The van der Waals surface area contributed by atoms with E-state index in [9.17, 15) is 5.11 Å². The van der Waals surface area contributed by atoms with Crippen molar-refractivity contribution in [2.24, 2.45) is 0 Å². The molecule has 1 aromatic carbocycles. The van der Waals surface area contributed by atoms with Gasteiger partial charge in [-0.1, -0.05) is 6.92 Å². The minimum absolute atomic E-state index is 0. The molecule has 1 atom stereocenters. The van der Waals surface area contributed by atoms with Crippen molar-refractivity contribution >= 4 is 0 Å². The van der Waals surface area contributed by atoms with Crippen molar-refractivity contribution in [3.8, 4) is 11.5 Å². The Morgan fingerprint density at radius 1 is 1.12 bits per heavy atom. The third-order valence-electron chi connectivity index (χ3n) is 1.76. The monoisotopic (exact) mass is 250 g/mol. The summed E-state index contributed by atoms with van der Waals surface area (Å²) in [6.07, 6.45) is -0.996. The van der Waals surface area contributed by atoms with Crippen LogP contribution >= 0.6 is 0 Å². The fourth-order valence-corrected chi connectivity index (χ4v) is 1.05. The van der Waals surface area contributed by atoms with Crippen LogP contribution in [-0.4, -0.2) is 26.6 Å². The molecule has 0 N–H and O–H groups in total. The maximum atomic E-state index is 10.5. The minimum atomic E-state index is -0.996. The van der Waals surface area contributed by atoms with Crippen LogP contribution in [0.2, 0.25) is 0 Å². The van der Waals surface area contributed by atoms with E-state index in [2.05, 4.69) is 0 Å². The Bertz CT molecular complexity index is 274. The van der Waals surface area contributed by atoms with Crippen molar-refractivity contribution in [1.29, 1.82) is 0 Å². The van der Waals surface area contributed by atoms with Crippen LogP contribution in [0.4, 0.5) is 0 Å². The van der Waals surface area contributed by atoms with Crippen LogP contribution in [0.5, 0.6) is 11.5 Å². The number of methoxy groups -OCH3 is 1. The fourth-order valence-electron chi connectivity index (χ4n) is 1.05. The molecule has 0 aliphatic carbocycles. The molecule has 0 aliphatic heterocycles. The molecule has 1 unspecified atom stereocenters.